The molecule has 8 heteroatoms. The molecule has 2 aromatic rings. The third kappa shape index (κ3) is 4.26. The highest BCUT2D eigenvalue weighted by atomic mass is 15.2. The van der Waals surface area contributed by atoms with E-state index in [9.17, 15) is 5.26 Å². The first-order chi connectivity index (χ1) is 13.3. The number of nitrogens with zero attached hydrogens (tertiary/aromatic N) is 5. The number of hydrogen-bond acceptors (Lipinski definition) is 8. The average molecular weight is 364 g/mol. The molecule has 0 unspecified atom stereocenters. The maximum absolute atomic E-state index is 9.32. The molecule has 2 fully saturated rings. The quantitative estimate of drug-likeness (QED) is 0.742. The van der Waals surface area contributed by atoms with Crippen molar-refractivity contribution in [2.45, 2.75) is 31.7 Å². The zero-order valence-electron chi connectivity index (χ0n) is 15.3. The molecule has 1 saturated carbocycles. The summed E-state index contributed by atoms with van der Waals surface area (Å²) >= 11 is 0. The number of hydrogen-bond donors (Lipinski definition) is 3. The van der Waals surface area contributed by atoms with Gasteiger partial charge < -0.3 is 20.9 Å². The van der Waals surface area contributed by atoms with Gasteiger partial charge in [0.05, 0.1) is 18.1 Å². The van der Waals surface area contributed by atoms with E-state index in [2.05, 4.69) is 47.9 Å². The Morgan fingerprint density at radius 1 is 1.11 bits per heavy atom. The van der Waals surface area contributed by atoms with Crippen LogP contribution in [0.4, 0.5) is 23.3 Å². The van der Waals surface area contributed by atoms with Gasteiger partial charge in [0.25, 0.3) is 0 Å². The van der Waals surface area contributed by atoms with Crippen LogP contribution in [0.2, 0.25) is 0 Å². The van der Waals surface area contributed by atoms with E-state index < -0.39 is 0 Å². The van der Waals surface area contributed by atoms with Gasteiger partial charge in [0, 0.05) is 32.2 Å². The predicted molar refractivity (Wildman–Crippen MR) is 105 cm³/mol. The topological polar surface area (TPSA) is 102 Å². The van der Waals surface area contributed by atoms with Gasteiger partial charge in [-0.25, -0.2) is 9.97 Å². The number of anilines is 4. The van der Waals surface area contributed by atoms with Crippen molar-refractivity contribution < 1.29 is 0 Å². The van der Waals surface area contributed by atoms with Gasteiger partial charge in [-0.3, -0.25) is 0 Å². The van der Waals surface area contributed by atoms with E-state index in [-0.39, 0.29) is 0 Å². The Kier molecular flexibility index (Phi) is 5.30. The zero-order chi connectivity index (χ0) is 18.5. The van der Waals surface area contributed by atoms with Crippen molar-refractivity contribution >= 4 is 23.3 Å². The van der Waals surface area contributed by atoms with Crippen molar-refractivity contribution in [3.05, 3.63) is 30.1 Å². The summed E-state index contributed by atoms with van der Waals surface area (Å²) in [6, 6.07) is 6.54. The summed E-state index contributed by atoms with van der Waals surface area (Å²) in [6.45, 7) is 3.97. The molecule has 4 rings (SSSR count). The lowest BCUT2D eigenvalue weighted by Gasteiger charge is -2.29. The molecule has 0 spiro atoms. The predicted octanol–water partition coefficient (Wildman–Crippen LogP) is 2.25. The lowest BCUT2D eigenvalue weighted by atomic mass is 10.2. The monoisotopic (exact) mass is 364 g/mol. The van der Waals surface area contributed by atoms with Gasteiger partial charge >= 0.3 is 0 Å². The van der Waals surface area contributed by atoms with Crippen molar-refractivity contribution in [2.75, 3.05) is 41.7 Å². The van der Waals surface area contributed by atoms with Gasteiger partial charge in [-0.05, 0) is 25.0 Å². The van der Waals surface area contributed by atoms with Gasteiger partial charge in [0.15, 0.2) is 0 Å². The third-order valence-corrected chi connectivity index (χ3v) is 5.08. The maximum atomic E-state index is 9.32. The van der Waals surface area contributed by atoms with E-state index in [1.54, 1.807) is 6.20 Å². The van der Waals surface area contributed by atoms with Crippen molar-refractivity contribution in [2.24, 2.45) is 0 Å². The summed E-state index contributed by atoms with van der Waals surface area (Å²) in [5.74, 6) is 1.72. The molecular weight excluding hydrogens is 340 g/mol. The van der Waals surface area contributed by atoms with Crippen molar-refractivity contribution in [3.63, 3.8) is 0 Å². The van der Waals surface area contributed by atoms with Crippen LogP contribution in [0.25, 0.3) is 0 Å². The molecule has 1 aliphatic carbocycles. The van der Waals surface area contributed by atoms with Crippen LogP contribution >= 0.6 is 0 Å². The first kappa shape index (κ1) is 17.5. The van der Waals surface area contributed by atoms with Gasteiger partial charge in [-0.1, -0.05) is 12.8 Å². The van der Waals surface area contributed by atoms with E-state index >= 15 is 0 Å². The van der Waals surface area contributed by atoms with Crippen LogP contribution < -0.4 is 20.9 Å². The highest BCUT2D eigenvalue weighted by molar-refractivity contribution is 5.58. The molecule has 0 bridgehead atoms. The molecule has 2 aliphatic rings. The van der Waals surface area contributed by atoms with E-state index in [1.165, 1.54) is 12.8 Å². The fourth-order valence-electron chi connectivity index (χ4n) is 3.58. The first-order valence-corrected chi connectivity index (χ1v) is 9.54. The average Bonchev–Trinajstić information content (AvgIpc) is 3.23. The SMILES string of the molecule is N#Cc1cnc(Nc2ccc(N3CCNCC3)cn2)nc1NC1CCCC1. The number of aromatic nitrogens is 3. The molecule has 3 heterocycles. The molecule has 8 nitrogen and oxygen atoms in total. The first-order valence-electron chi connectivity index (χ1n) is 9.54. The molecule has 3 N–H and O–H groups in total. The summed E-state index contributed by atoms with van der Waals surface area (Å²) in [7, 11) is 0. The van der Waals surface area contributed by atoms with E-state index in [1.807, 2.05) is 12.3 Å². The smallest absolute Gasteiger partial charge is 0.230 e. The van der Waals surface area contributed by atoms with E-state index in [0.717, 1.165) is 44.7 Å². The van der Waals surface area contributed by atoms with Crippen LogP contribution in [0, 0.1) is 11.3 Å². The Hall–Kier alpha value is -2.92. The molecular formula is C19H24N8. The molecule has 1 aliphatic heterocycles. The zero-order valence-corrected chi connectivity index (χ0v) is 15.3. The maximum Gasteiger partial charge on any atom is 0.230 e. The minimum absolute atomic E-state index is 0.385. The summed E-state index contributed by atoms with van der Waals surface area (Å²) in [5, 5.41) is 19.2. The molecule has 0 aromatic carbocycles. The fraction of sp³-hybridized carbons (Fsp3) is 0.474. The summed E-state index contributed by atoms with van der Waals surface area (Å²) in [4.78, 5) is 15.5. The van der Waals surface area contributed by atoms with Crippen molar-refractivity contribution in [1.29, 1.82) is 5.26 Å². The van der Waals surface area contributed by atoms with Crippen LogP contribution in [0.1, 0.15) is 31.2 Å². The largest absolute Gasteiger partial charge is 0.368 e. The Labute approximate surface area is 159 Å². The number of piperazine rings is 1. The van der Waals surface area contributed by atoms with Gasteiger partial charge in [0.2, 0.25) is 5.95 Å². The second kappa shape index (κ2) is 8.18. The normalized spacial score (nSPS) is 17.5. The lowest BCUT2D eigenvalue weighted by molar-refractivity contribution is 0.589. The molecule has 0 amide bonds. The van der Waals surface area contributed by atoms with Gasteiger partial charge in [-0.2, -0.15) is 10.2 Å². The Balaban J connectivity index is 1.46. The number of rotatable bonds is 5. The Morgan fingerprint density at radius 3 is 2.63 bits per heavy atom. The number of pyridine rings is 1. The Morgan fingerprint density at radius 2 is 1.93 bits per heavy atom. The molecule has 0 radical (unpaired) electrons. The molecule has 1 saturated heterocycles. The van der Waals surface area contributed by atoms with Crippen LogP contribution in [0.5, 0.6) is 0 Å². The van der Waals surface area contributed by atoms with E-state index in [4.69, 9.17) is 0 Å². The molecule has 2 aromatic heterocycles. The Bertz CT molecular complexity index is 801. The van der Waals surface area contributed by atoms with Crippen molar-refractivity contribution in [3.8, 4) is 6.07 Å². The van der Waals surface area contributed by atoms with Gasteiger partial charge in [-0.15, -0.1) is 0 Å². The molecule has 27 heavy (non-hydrogen) atoms. The second-order valence-corrected chi connectivity index (χ2v) is 6.96. The summed E-state index contributed by atoms with van der Waals surface area (Å²) in [5.41, 5.74) is 1.58. The third-order valence-electron chi connectivity index (χ3n) is 5.08. The molecule has 0 atom stereocenters. The minimum atomic E-state index is 0.385. The summed E-state index contributed by atoms with van der Waals surface area (Å²) in [6.07, 6.45) is 8.11. The number of nitriles is 1. The van der Waals surface area contributed by atoms with Crippen LogP contribution in [0.15, 0.2) is 24.5 Å². The van der Waals surface area contributed by atoms with Crippen LogP contribution in [0.3, 0.4) is 0 Å². The van der Waals surface area contributed by atoms with Crippen LogP contribution in [-0.4, -0.2) is 47.2 Å². The fourth-order valence-corrected chi connectivity index (χ4v) is 3.58. The lowest BCUT2D eigenvalue weighted by Crippen LogP contribution is -2.43. The number of nitrogens with one attached hydrogen (secondary N) is 3. The highest BCUT2D eigenvalue weighted by Gasteiger charge is 2.17. The molecule has 140 valence electrons. The standard InChI is InChI=1S/C19H24N8/c20-11-14-12-23-19(26-18(14)24-15-3-1-2-4-15)25-17-6-5-16(13-22-17)27-9-7-21-8-10-27/h5-6,12-13,15,21H,1-4,7-10H2,(H2,22,23,24,25,26). The highest BCUT2D eigenvalue weighted by Crippen LogP contribution is 2.24. The summed E-state index contributed by atoms with van der Waals surface area (Å²) < 4.78 is 0. The van der Waals surface area contributed by atoms with Crippen molar-refractivity contribution in [1.82, 2.24) is 20.3 Å². The second-order valence-electron chi connectivity index (χ2n) is 6.96. The van der Waals surface area contributed by atoms with Gasteiger partial charge in [0.1, 0.15) is 23.3 Å². The minimum Gasteiger partial charge on any atom is -0.368 e. The van der Waals surface area contributed by atoms with E-state index in [0.29, 0.717) is 29.2 Å². The van der Waals surface area contributed by atoms with Crippen LogP contribution in [-0.2, 0) is 0 Å².